The summed E-state index contributed by atoms with van der Waals surface area (Å²) in [6.07, 6.45) is 0. The topological polar surface area (TPSA) is 93.0 Å². The van der Waals surface area contributed by atoms with Crippen LogP contribution in [-0.2, 0) is 23.9 Å². The van der Waals surface area contributed by atoms with E-state index in [0.29, 0.717) is 5.82 Å². The van der Waals surface area contributed by atoms with Gasteiger partial charge in [-0.2, -0.15) is 4.80 Å². The van der Waals surface area contributed by atoms with Gasteiger partial charge in [0, 0.05) is 0 Å². The molecule has 0 spiro atoms. The van der Waals surface area contributed by atoms with Gasteiger partial charge in [0.05, 0.1) is 13.6 Å². The van der Waals surface area contributed by atoms with Gasteiger partial charge in [-0.25, -0.2) is 4.79 Å². The SMILES string of the molecule is Cn1nnc(CN2C(=O)NC(=O)C2(C)c2ccccc2)n1. The predicted octanol–water partition coefficient (Wildman–Crippen LogP) is 0.177. The number of carbonyl (C=O) groups is 2. The Morgan fingerprint density at radius 1 is 1.24 bits per heavy atom. The van der Waals surface area contributed by atoms with Crippen molar-refractivity contribution >= 4 is 11.9 Å². The molecule has 1 aliphatic heterocycles. The molecule has 21 heavy (non-hydrogen) atoms. The Labute approximate surface area is 120 Å². The quantitative estimate of drug-likeness (QED) is 0.812. The van der Waals surface area contributed by atoms with Crippen LogP contribution in [0, 0.1) is 0 Å². The molecular formula is C13H14N6O2. The molecular weight excluding hydrogens is 272 g/mol. The molecule has 3 rings (SSSR count). The molecule has 1 aliphatic rings. The fourth-order valence-electron chi connectivity index (χ4n) is 2.42. The lowest BCUT2D eigenvalue weighted by Gasteiger charge is -2.31. The van der Waals surface area contributed by atoms with Gasteiger partial charge in [-0.15, -0.1) is 10.2 Å². The number of nitrogens with zero attached hydrogens (tertiary/aromatic N) is 5. The monoisotopic (exact) mass is 286 g/mol. The van der Waals surface area contributed by atoms with Gasteiger partial charge in [0.1, 0.15) is 5.54 Å². The molecule has 1 saturated heterocycles. The maximum absolute atomic E-state index is 12.3. The molecule has 3 amide bonds. The largest absolute Gasteiger partial charge is 0.325 e. The van der Waals surface area contributed by atoms with Crippen LogP contribution in [0.3, 0.4) is 0 Å². The highest BCUT2D eigenvalue weighted by atomic mass is 16.2. The normalized spacial score (nSPS) is 21.7. The van der Waals surface area contributed by atoms with Gasteiger partial charge >= 0.3 is 6.03 Å². The average Bonchev–Trinajstić information content (AvgIpc) is 2.98. The minimum Gasteiger partial charge on any atom is -0.298 e. The third kappa shape index (κ3) is 2.04. The second-order valence-corrected chi connectivity index (χ2v) is 4.98. The molecule has 0 saturated carbocycles. The third-order valence-electron chi connectivity index (χ3n) is 3.63. The van der Waals surface area contributed by atoms with Crippen molar-refractivity contribution in [2.75, 3.05) is 0 Å². The van der Waals surface area contributed by atoms with E-state index in [9.17, 15) is 9.59 Å². The van der Waals surface area contributed by atoms with E-state index in [1.54, 1.807) is 14.0 Å². The van der Waals surface area contributed by atoms with Crippen LogP contribution in [0.4, 0.5) is 4.79 Å². The highest BCUT2D eigenvalue weighted by molar-refractivity contribution is 6.07. The Kier molecular flexibility index (Phi) is 2.93. The maximum atomic E-state index is 12.3. The predicted molar refractivity (Wildman–Crippen MR) is 71.7 cm³/mol. The third-order valence-corrected chi connectivity index (χ3v) is 3.63. The van der Waals surface area contributed by atoms with Crippen molar-refractivity contribution in [2.45, 2.75) is 19.0 Å². The van der Waals surface area contributed by atoms with Crippen LogP contribution in [0.25, 0.3) is 0 Å². The van der Waals surface area contributed by atoms with Gasteiger partial charge < -0.3 is 0 Å². The summed E-state index contributed by atoms with van der Waals surface area (Å²) in [6.45, 7) is 1.82. The van der Waals surface area contributed by atoms with Crippen LogP contribution in [-0.4, -0.2) is 37.0 Å². The molecule has 1 aromatic carbocycles. The van der Waals surface area contributed by atoms with Crippen molar-refractivity contribution in [3.05, 3.63) is 41.7 Å². The first-order chi connectivity index (χ1) is 10.0. The number of tetrazole rings is 1. The number of urea groups is 1. The highest BCUT2D eigenvalue weighted by Gasteiger charge is 2.50. The van der Waals surface area contributed by atoms with Gasteiger partial charge in [-0.05, 0) is 17.7 Å². The fourth-order valence-corrected chi connectivity index (χ4v) is 2.42. The van der Waals surface area contributed by atoms with E-state index < -0.39 is 11.6 Å². The number of nitrogens with one attached hydrogen (secondary N) is 1. The first-order valence-electron chi connectivity index (χ1n) is 6.43. The maximum Gasteiger partial charge on any atom is 0.325 e. The summed E-state index contributed by atoms with van der Waals surface area (Å²) in [7, 11) is 1.64. The Morgan fingerprint density at radius 2 is 1.95 bits per heavy atom. The van der Waals surface area contributed by atoms with Crippen molar-refractivity contribution in [3.63, 3.8) is 0 Å². The Balaban J connectivity index is 2.00. The summed E-state index contributed by atoms with van der Waals surface area (Å²) in [5, 5.41) is 14.0. The van der Waals surface area contributed by atoms with Crippen molar-refractivity contribution in [1.29, 1.82) is 0 Å². The standard InChI is InChI=1S/C13H14N6O2/c1-13(9-6-4-3-5-7-9)11(20)14-12(21)19(13)8-10-15-17-18(2)16-10/h3-7H,8H2,1-2H3,(H,14,20,21). The van der Waals surface area contributed by atoms with Gasteiger partial charge in [0.15, 0.2) is 5.82 Å². The van der Waals surface area contributed by atoms with Crippen LogP contribution in [0.2, 0.25) is 0 Å². The number of amides is 3. The van der Waals surface area contributed by atoms with Crippen molar-refractivity contribution < 1.29 is 9.59 Å². The van der Waals surface area contributed by atoms with Gasteiger partial charge in [0.2, 0.25) is 0 Å². The van der Waals surface area contributed by atoms with E-state index in [-0.39, 0.29) is 12.5 Å². The molecule has 0 bridgehead atoms. The lowest BCUT2D eigenvalue weighted by molar-refractivity contribution is -0.126. The van der Waals surface area contributed by atoms with E-state index >= 15 is 0 Å². The number of rotatable bonds is 3. The van der Waals surface area contributed by atoms with Crippen LogP contribution < -0.4 is 5.32 Å². The van der Waals surface area contributed by atoms with Crippen LogP contribution in [0.15, 0.2) is 30.3 Å². The zero-order chi connectivity index (χ0) is 15.0. The summed E-state index contributed by atoms with van der Waals surface area (Å²) < 4.78 is 0. The molecule has 1 fully saturated rings. The number of benzene rings is 1. The number of hydrogen-bond acceptors (Lipinski definition) is 5. The van der Waals surface area contributed by atoms with Gasteiger partial charge in [-0.3, -0.25) is 15.0 Å². The van der Waals surface area contributed by atoms with E-state index in [0.717, 1.165) is 5.56 Å². The number of carbonyl (C=O) groups excluding carboxylic acids is 2. The van der Waals surface area contributed by atoms with E-state index in [1.165, 1.54) is 9.70 Å². The second kappa shape index (κ2) is 4.65. The summed E-state index contributed by atoms with van der Waals surface area (Å²) >= 11 is 0. The average molecular weight is 286 g/mol. The minimum atomic E-state index is -1.09. The van der Waals surface area contributed by atoms with Crippen LogP contribution >= 0.6 is 0 Å². The number of aromatic nitrogens is 4. The smallest absolute Gasteiger partial charge is 0.298 e. The van der Waals surface area contributed by atoms with Crippen molar-refractivity contribution in [1.82, 2.24) is 30.4 Å². The number of imide groups is 1. The number of hydrogen-bond donors (Lipinski definition) is 1. The molecule has 2 heterocycles. The van der Waals surface area contributed by atoms with Crippen LogP contribution in [0.1, 0.15) is 18.3 Å². The first-order valence-corrected chi connectivity index (χ1v) is 6.43. The summed E-state index contributed by atoms with van der Waals surface area (Å²) in [6, 6.07) is 8.68. The molecule has 1 atom stereocenters. The van der Waals surface area contributed by atoms with Crippen LogP contribution in [0.5, 0.6) is 0 Å². The molecule has 8 heteroatoms. The molecule has 1 unspecified atom stereocenters. The zero-order valence-corrected chi connectivity index (χ0v) is 11.6. The molecule has 108 valence electrons. The first kappa shape index (κ1) is 13.2. The Hall–Kier alpha value is -2.77. The minimum absolute atomic E-state index is 0.108. The number of aryl methyl sites for hydroxylation is 1. The van der Waals surface area contributed by atoms with Crippen molar-refractivity contribution in [3.8, 4) is 0 Å². The zero-order valence-electron chi connectivity index (χ0n) is 11.6. The molecule has 0 aliphatic carbocycles. The summed E-state index contributed by atoms with van der Waals surface area (Å²) in [4.78, 5) is 27.1. The van der Waals surface area contributed by atoms with Crippen molar-refractivity contribution in [2.24, 2.45) is 7.05 Å². The fraction of sp³-hybridized carbons (Fsp3) is 0.308. The lowest BCUT2D eigenvalue weighted by atomic mass is 9.90. The molecule has 8 nitrogen and oxygen atoms in total. The molecule has 1 aromatic heterocycles. The van der Waals surface area contributed by atoms with Gasteiger partial charge in [-0.1, -0.05) is 30.3 Å². The lowest BCUT2D eigenvalue weighted by Crippen LogP contribution is -2.44. The Morgan fingerprint density at radius 3 is 2.57 bits per heavy atom. The van der Waals surface area contributed by atoms with E-state index in [1.807, 2.05) is 30.3 Å². The molecule has 2 aromatic rings. The van der Waals surface area contributed by atoms with E-state index in [4.69, 9.17) is 0 Å². The molecule has 1 N–H and O–H groups in total. The van der Waals surface area contributed by atoms with E-state index in [2.05, 4.69) is 20.7 Å². The highest BCUT2D eigenvalue weighted by Crippen LogP contribution is 2.33. The molecule has 0 radical (unpaired) electrons. The Bertz CT molecular complexity index is 698. The summed E-state index contributed by atoms with van der Waals surface area (Å²) in [5.41, 5.74) is -0.352. The van der Waals surface area contributed by atoms with Gasteiger partial charge in [0.25, 0.3) is 5.91 Å². The summed E-state index contributed by atoms with van der Waals surface area (Å²) in [5.74, 6) is 0.0205. The second-order valence-electron chi connectivity index (χ2n) is 4.98.